The second kappa shape index (κ2) is 28.5. The number of hydrogen-bond donors (Lipinski definition) is 5. The average Bonchev–Trinajstić information content (AvgIpc) is 4.07. The van der Waals surface area contributed by atoms with E-state index in [4.69, 9.17) is 40.7 Å². The number of esters is 1. The summed E-state index contributed by atoms with van der Waals surface area (Å²) >= 11 is 0. The van der Waals surface area contributed by atoms with Crippen LogP contribution in [0.4, 0.5) is 17.1 Å². The van der Waals surface area contributed by atoms with Crippen LogP contribution in [0.15, 0.2) is 36.4 Å². The third-order valence-corrected chi connectivity index (χ3v) is 9.77. The number of likely N-dealkylation sites (tertiary alicyclic amines) is 2. The number of nitro benzene ring substituents is 2. The SMILES string of the molecule is COC(=O)[C@@H]1CCNC1.C[C@@H]1CCN(Cc2cc(C#N)c(O)c([N+](=O)[O-])c2)C1.C[C@@H]1CCN(Cc2cc(N)c(O)c(C#N)c2)C1.N#Cc1cc(C=O)cc([N+](=O)[O-])c1O.O=C=O.O=C=O. The molecule has 23 nitrogen and oxygen atoms in total. The average molecular weight is 902 g/mol. The number of ether oxygens (including phenoxy) is 1. The number of methoxy groups -OCH3 is 1. The highest BCUT2D eigenvalue weighted by Crippen LogP contribution is 2.33. The first-order valence-corrected chi connectivity index (χ1v) is 19.4. The molecule has 3 aromatic rings. The van der Waals surface area contributed by atoms with E-state index >= 15 is 0 Å². The number of nitrogen functional groups attached to an aromatic ring is 1. The Bertz CT molecular complexity index is 2330. The highest BCUT2D eigenvalue weighted by molar-refractivity contribution is 5.79. The van der Waals surface area contributed by atoms with E-state index in [0.717, 1.165) is 82.3 Å². The van der Waals surface area contributed by atoms with Crippen LogP contribution in [0, 0.1) is 72.0 Å². The summed E-state index contributed by atoms with van der Waals surface area (Å²) < 4.78 is 4.56. The van der Waals surface area contributed by atoms with Crippen molar-refractivity contribution in [2.24, 2.45) is 17.8 Å². The molecule has 65 heavy (non-hydrogen) atoms. The highest BCUT2D eigenvalue weighted by atomic mass is 16.6. The molecule has 3 saturated heterocycles. The normalized spacial score (nSPS) is 16.8. The molecule has 23 heteroatoms. The molecule has 0 aliphatic carbocycles. The van der Waals surface area contributed by atoms with Crippen molar-refractivity contribution in [2.75, 3.05) is 52.1 Å². The van der Waals surface area contributed by atoms with Gasteiger partial charge in [-0.25, -0.2) is 0 Å². The van der Waals surface area contributed by atoms with E-state index in [1.54, 1.807) is 24.3 Å². The van der Waals surface area contributed by atoms with Gasteiger partial charge in [0.05, 0.1) is 34.1 Å². The van der Waals surface area contributed by atoms with Crippen LogP contribution in [0.1, 0.15) is 71.3 Å². The number of phenolic OH excluding ortho intramolecular Hbond substituents is 3. The number of nitrogens with one attached hydrogen (secondary N) is 1. The summed E-state index contributed by atoms with van der Waals surface area (Å²) in [6.45, 7) is 11.6. The fourth-order valence-electron chi connectivity index (χ4n) is 6.70. The molecule has 3 aliphatic rings. The molecule has 0 saturated carbocycles. The number of carbonyl (C=O) groups excluding carboxylic acids is 6. The Balaban J connectivity index is 0.000000426. The number of hydrogen-bond acceptors (Lipinski definition) is 21. The van der Waals surface area contributed by atoms with Crippen LogP contribution in [-0.4, -0.2) is 106 Å². The summed E-state index contributed by atoms with van der Waals surface area (Å²) in [7, 11) is 1.43. The molecule has 6 rings (SSSR count). The van der Waals surface area contributed by atoms with Gasteiger partial charge in [-0.3, -0.25) is 39.6 Å². The van der Waals surface area contributed by atoms with Crippen molar-refractivity contribution in [3.8, 4) is 35.5 Å². The molecule has 3 aliphatic heterocycles. The van der Waals surface area contributed by atoms with E-state index in [1.807, 2.05) is 6.07 Å². The van der Waals surface area contributed by atoms with Gasteiger partial charge in [0.25, 0.3) is 0 Å². The van der Waals surface area contributed by atoms with Crippen LogP contribution in [0.3, 0.4) is 0 Å². The number of rotatable bonds is 8. The number of benzene rings is 3. The van der Waals surface area contributed by atoms with Crippen LogP contribution in [-0.2, 0) is 41.8 Å². The highest BCUT2D eigenvalue weighted by Gasteiger charge is 2.24. The van der Waals surface area contributed by atoms with Crippen molar-refractivity contribution in [1.29, 1.82) is 15.8 Å². The summed E-state index contributed by atoms with van der Waals surface area (Å²) in [4.78, 5) is 77.9. The van der Waals surface area contributed by atoms with Crippen molar-refractivity contribution in [3.05, 3.63) is 90.0 Å². The minimum absolute atomic E-state index is 0.0222. The first kappa shape index (κ1) is 54.9. The van der Waals surface area contributed by atoms with Crippen LogP contribution in [0.5, 0.6) is 17.2 Å². The Morgan fingerprint density at radius 2 is 1.22 bits per heavy atom. The van der Waals surface area contributed by atoms with Crippen molar-refractivity contribution < 1.29 is 58.7 Å². The van der Waals surface area contributed by atoms with Gasteiger partial charge in [0.15, 0.2) is 5.75 Å². The van der Waals surface area contributed by atoms with Crippen molar-refractivity contribution in [1.82, 2.24) is 15.1 Å². The molecule has 6 N–H and O–H groups in total. The maximum Gasteiger partial charge on any atom is 0.373 e. The predicted octanol–water partition coefficient (Wildman–Crippen LogP) is 3.29. The zero-order chi connectivity index (χ0) is 49.2. The molecule has 3 aromatic carbocycles. The third-order valence-electron chi connectivity index (χ3n) is 9.77. The van der Waals surface area contributed by atoms with Crippen LogP contribution >= 0.6 is 0 Å². The molecule has 0 aromatic heterocycles. The number of nitrogens with zero attached hydrogens (tertiary/aromatic N) is 7. The van der Waals surface area contributed by atoms with Crippen LogP contribution in [0.25, 0.3) is 0 Å². The van der Waals surface area contributed by atoms with Crippen molar-refractivity contribution >= 4 is 41.6 Å². The molecule has 0 radical (unpaired) electrons. The number of aromatic hydroxyl groups is 3. The number of aldehydes is 1. The van der Waals surface area contributed by atoms with Crippen LogP contribution in [0.2, 0.25) is 0 Å². The summed E-state index contributed by atoms with van der Waals surface area (Å²) in [5.41, 5.74) is 6.49. The van der Waals surface area contributed by atoms with Gasteiger partial charge >= 0.3 is 29.6 Å². The second-order valence-corrected chi connectivity index (χ2v) is 14.6. The molecular formula is C42H47N9O14. The topological polar surface area (TPSA) is 375 Å². The Labute approximate surface area is 372 Å². The van der Waals surface area contributed by atoms with Gasteiger partial charge in [-0.2, -0.15) is 35.0 Å². The van der Waals surface area contributed by atoms with E-state index in [2.05, 4.69) is 33.7 Å². The molecule has 0 bridgehead atoms. The quantitative estimate of drug-likeness (QED) is 0.0540. The molecule has 3 fully saturated rings. The first-order valence-electron chi connectivity index (χ1n) is 19.4. The van der Waals surface area contributed by atoms with E-state index in [-0.39, 0.29) is 57.9 Å². The van der Waals surface area contributed by atoms with Crippen molar-refractivity contribution in [2.45, 2.75) is 46.2 Å². The van der Waals surface area contributed by atoms with Crippen molar-refractivity contribution in [3.63, 3.8) is 0 Å². The number of nitrogens with two attached hydrogens (primary N) is 1. The summed E-state index contributed by atoms with van der Waals surface area (Å²) in [5, 5.41) is 79.0. The Hall–Kier alpha value is -8.09. The summed E-state index contributed by atoms with van der Waals surface area (Å²) in [6.07, 6.45) is 4.13. The molecule has 0 amide bonds. The predicted molar refractivity (Wildman–Crippen MR) is 223 cm³/mol. The Morgan fingerprint density at radius 1 is 0.785 bits per heavy atom. The molecule has 344 valence electrons. The lowest BCUT2D eigenvalue weighted by Gasteiger charge is -2.16. The smallest absolute Gasteiger partial charge is 0.373 e. The first-order chi connectivity index (χ1) is 30.9. The molecule has 0 spiro atoms. The lowest BCUT2D eigenvalue weighted by Crippen LogP contribution is -2.19. The number of nitriles is 3. The monoisotopic (exact) mass is 901 g/mol. The molecule has 3 heterocycles. The number of nitro groups is 2. The maximum atomic E-state index is 10.9. The van der Waals surface area contributed by atoms with Gasteiger partial charge in [0.1, 0.15) is 35.6 Å². The maximum absolute atomic E-state index is 10.9. The third kappa shape index (κ3) is 18.0. The molecule has 0 unspecified atom stereocenters. The largest absolute Gasteiger partial charge is 0.504 e. The van der Waals surface area contributed by atoms with Gasteiger partial charge in [0.2, 0.25) is 11.5 Å². The number of phenols is 3. The van der Waals surface area contributed by atoms with E-state index in [0.29, 0.717) is 24.3 Å². The number of anilines is 1. The standard InChI is InChI=1S/C13H15N3O3.C13H17N3O.C8H4N2O4.C6H11NO2.2CO2/c1-9-2-3-15(7-9)8-10-4-11(6-14)13(17)12(5-10)16(18)19;1-9-2-3-16(7-9)8-10-4-11(6-14)13(17)12(15)5-10;9-3-6-1-5(4-11)2-7(8(6)12)10(13)14;1-9-6(8)5-2-3-7-4-5;2*2-1-3/h4-5,9,17H,2-3,7-8H2,1H3;4-5,9,17H,2-3,7-8,15H2,1H3;1-2,4,12H;5,7H,2-4H2,1H3;;/t2*9-;;5-;;/m11.1../s1. The van der Waals surface area contributed by atoms with E-state index in [9.17, 15) is 45.1 Å². The van der Waals surface area contributed by atoms with Crippen LogP contribution < -0.4 is 11.1 Å². The lowest BCUT2D eigenvalue weighted by atomic mass is 10.1. The fraction of sp³-hybridized carbons (Fsp3) is 0.405. The minimum Gasteiger partial charge on any atom is -0.504 e. The Morgan fingerprint density at radius 3 is 1.58 bits per heavy atom. The van der Waals surface area contributed by atoms with Gasteiger partial charge < -0.3 is 31.1 Å². The lowest BCUT2D eigenvalue weighted by molar-refractivity contribution is -0.386. The number of carbonyl (C=O) groups is 2. The second-order valence-electron chi connectivity index (χ2n) is 14.6. The van der Waals surface area contributed by atoms with Gasteiger partial charge in [-0.15, -0.1) is 0 Å². The van der Waals surface area contributed by atoms with Gasteiger partial charge in [-0.1, -0.05) is 13.8 Å². The van der Waals surface area contributed by atoms with E-state index in [1.165, 1.54) is 25.7 Å². The summed E-state index contributed by atoms with van der Waals surface area (Å²) in [6, 6.07) is 13.6. The summed E-state index contributed by atoms with van der Waals surface area (Å²) in [5.74, 6) is 0.0117. The molecular weight excluding hydrogens is 855 g/mol. The molecule has 3 atom stereocenters. The zero-order valence-corrected chi connectivity index (χ0v) is 35.6. The van der Waals surface area contributed by atoms with Gasteiger partial charge in [-0.05, 0) is 86.1 Å². The van der Waals surface area contributed by atoms with E-state index < -0.39 is 32.7 Å². The fourth-order valence-corrected chi connectivity index (χ4v) is 6.70. The minimum atomic E-state index is -0.858. The Kier molecular flexibility index (Phi) is 24.1. The zero-order valence-electron chi connectivity index (χ0n) is 35.6. The van der Waals surface area contributed by atoms with Gasteiger partial charge in [0, 0.05) is 50.4 Å².